The normalized spacial score (nSPS) is 12.3. The molecule has 2 rings (SSSR count). The van der Waals surface area contributed by atoms with Gasteiger partial charge in [0, 0.05) is 23.5 Å². The van der Waals surface area contributed by atoms with Crippen molar-refractivity contribution in [2.24, 2.45) is 0 Å². The van der Waals surface area contributed by atoms with Crippen LogP contribution in [-0.4, -0.2) is 13.1 Å². The van der Waals surface area contributed by atoms with E-state index in [9.17, 15) is 4.79 Å². The molecule has 0 fully saturated rings. The molecule has 0 saturated heterocycles. The molecule has 86 valence electrons. The van der Waals surface area contributed by atoms with E-state index in [1.807, 2.05) is 0 Å². The summed E-state index contributed by atoms with van der Waals surface area (Å²) in [7, 11) is 1.37. The van der Waals surface area contributed by atoms with Crippen LogP contribution < -0.4 is 11.1 Å². The van der Waals surface area contributed by atoms with Crippen LogP contribution in [0, 0.1) is 0 Å². The Hall–Kier alpha value is -0.490. The molecule has 2 heterocycles. The number of halogens is 2. The standard InChI is InChI=1S/C8H10N2O2S.2ClH/c1-12-8(11)7-6(9)4-2-10-3-5(4)13-7;;/h10H,2-3,9H2,1H3;2*1H. The lowest BCUT2D eigenvalue weighted by molar-refractivity contribution is 0.0607. The topological polar surface area (TPSA) is 64.3 Å². The molecule has 3 N–H and O–H groups in total. The van der Waals surface area contributed by atoms with Crippen molar-refractivity contribution in [3.8, 4) is 0 Å². The van der Waals surface area contributed by atoms with Crippen molar-refractivity contribution in [3.05, 3.63) is 15.3 Å². The second kappa shape index (κ2) is 5.55. The number of thiophene rings is 1. The van der Waals surface area contributed by atoms with Crippen molar-refractivity contribution in [1.29, 1.82) is 0 Å². The zero-order chi connectivity index (χ0) is 9.42. The highest BCUT2D eigenvalue weighted by Gasteiger charge is 2.23. The van der Waals surface area contributed by atoms with Gasteiger partial charge in [-0.3, -0.25) is 0 Å². The number of methoxy groups -OCH3 is 1. The second-order valence-corrected chi connectivity index (χ2v) is 3.95. The van der Waals surface area contributed by atoms with E-state index in [0.29, 0.717) is 10.6 Å². The first-order valence-corrected chi connectivity index (χ1v) is 4.74. The van der Waals surface area contributed by atoms with Gasteiger partial charge in [0.1, 0.15) is 4.88 Å². The zero-order valence-electron chi connectivity index (χ0n) is 8.03. The number of hydrogen-bond donors (Lipinski definition) is 2. The minimum Gasteiger partial charge on any atom is -0.465 e. The van der Waals surface area contributed by atoms with Gasteiger partial charge in [-0.1, -0.05) is 0 Å². The lowest BCUT2D eigenvalue weighted by Crippen LogP contribution is -2.06. The number of rotatable bonds is 1. The Labute approximate surface area is 104 Å². The first-order valence-electron chi connectivity index (χ1n) is 3.93. The van der Waals surface area contributed by atoms with Crippen LogP contribution >= 0.6 is 36.2 Å². The molecule has 1 aromatic rings. The molecule has 1 aromatic heterocycles. The van der Waals surface area contributed by atoms with Crippen molar-refractivity contribution >= 4 is 47.8 Å². The summed E-state index contributed by atoms with van der Waals surface area (Å²) >= 11 is 1.42. The predicted octanol–water partition coefficient (Wildman–Crippen LogP) is 1.56. The summed E-state index contributed by atoms with van der Waals surface area (Å²) in [4.78, 5) is 12.9. The molecule has 0 amide bonds. The number of carbonyl (C=O) groups excluding carboxylic acids is 1. The van der Waals surface area contributed by atoms with E-state index in [1.54, 1.807) is 0 Å². The SMILES string of the molecule is COC(=O)c1sc2c(c1N)CNC2.Cl.Cl. The molecule has 0 radical (unpaired) electrons. The molecule has 0 saturated carbocycles. The maximum absolute atomic E-state index is 11.2. The fourth-order valence-corrected chi connectivity index (χ4v) is 2.53. The van der Waals surface area contributed by atoms with E-state index < -0.39 is 0 Å². The maximum Gasteiger partial charge on any atom is 0.350 e. The first kappa shape index (κ1) is 14.5. The fraction of sp³-hybridized carbons (Fsp3) is 0.375. The maximum atomic E-state index is 11.2. The average Bonchev–Trinajstić information content (AvgIpc) is 2.68. The number of ether oxygens (including phenoxy) is 1. The molecule has 1 aliphatic rings. The molecule has 0 atom stereocenters. The summed E-state index contributed by atoms with van der Waals surface area (Å²) in [5.41, 5.74) is 7.44. The van der Waals surface area contributed by atoms with Gasteiger partial charge in [-0.05, 0) is 0 Å². The molecule has 0 unspecified atom stereocenters. The van der Waals surface area contributed by atoms with Crippen LogP contribution in [0.4, 0.5) is 5.69 Å². The van der Waals surface area contributed by atoms with Crippen molar-refractivity contribution in [2.75, 3.05) is 12.8 Å². The number of anilines is 1. The van der Waals surface area contributed by atoms with Gasteiger partial charge >= 0.3 is 5.97 Å². The van der Waals surface area contributed by atoms with Crippen molar-refractivity contribution < 1.29 is 9.53 Å². The molecule has 4 nitrogen and oxygen atoms in total. The average molecular weight is 271 g/mol. The molecule has 0 aromatic carbocycles. The number of nitrogens with two attached hydrogens (primary N) is 1. The second-order valence-electron chi connectivity index (χ2n) is 2.84. The Morgan fingerprint density at radius 1 is 1.47 bits per heavy atom. The summed E-state index contributed by atoms with van der Waals surface area (Å²) in [6.07, 6.45) is 0. The molecular weight excluding hydrogens is 259 g/mol. The minimum absolute atomic E-state index is 0. The third-order valence-corrected chi connectivity index (χ3v) is 3.32. The number of carbonyl (C=O) groups is 1. The molecule has 0 spiro atoms. The first-order chi connectivity index (χ1) is 6.24. The Kier molecular flexibility index (Phi) is 5.37. The monoisotopic (exact) mass is 270 g/mol. The quantitative estimate of drug-likeness (QED) is 0.761. The summed E-state index contributed by atoms with van der Waals surface area (Å²) in [5.74, 6) is -0.336. The number of nitrogens with one attached hydrogen (secondary N) is 1. The molecule has 15 heavy (non-hydrogen) atoms. The highest BCUT2D eigenvalue weighted by Crippen LogP contribution is 2.34. The van der Waals surface area contributed by atoms with Crippen LogP contribution in [0.1, 0.15) is 20.1 Å². The third-order valence-electron chi connectivity index (χ3n) is 2.09. The lowest BCUT2D eigenvalue weighted by atomic mass is 10.2. The molecular formula is C8H12Cl2N2O2S. The smallest absolute Gasteiger partial charge is 0.350 e. The Balaban J connectivity index is 0.000000980. The van der Waals surface area contributed by atoms with Crippen LogP contribution in [0.25, 0.3) is 0 Å². The van der Waals surface area contributed by atoms with E-state index in [1.165, 1.54) is 18.4 Å². The predicted molar refractivity (Wildman–Crippen MR) is 65.1 cm³/mol. The Morgan fingerprint density at radius 2 is 2.13 bits per heavy atom. The number of hydrogen-bond acceptors (Lipinski definition) is 5. The van der Waals surface area contributed by atoms with E-state index in [2.05, 4.69) is 10.1 Å². The summed E-state index contributed by atoms with van der Waals surface area (Å²) in [5, 5.41) is 3.17. The van der Waals surface area contributed by atoms with Crippen LogP contribution in [0.5, 0.6) is 0 Å². The van der Waals surface area contributed by atoms with Gasteiger partial charge in [0.25, 0.3) is 0 Å². The fourth-order valence-electron chi connectivity index (χ4n) is 1.41. The summed E-state index contributed by atoms with van der Waals surface area (Å²) < 4.78 is 4.63. The van der Waals surface area contributed by atoms with Crippen molar-refractivity contribution in [3.63, 3.8) is 0 Å². The molecule has 0 bridgehead atoms. The van der Waals surface area contributed by atoms with Gasteiger partial charge in [0.05, 0.1) is 12.8 Å². The number of fused-ring (bicyclic) bond motifs is 1. The third kappa shape index (κ3) is 2.36. The molecule has 7 heteroatoms. The van der Waals surface area contributed by atoms with Gasteiger partial charge in [-0.25, -0.2) is 4.79 Å². The van der Waals surface area contributed by atoms with Crippen molar-refractivity contribution in [2.45, 2.75) is 13.1 Å². The highest BCUT2D eigenvalue weighted by molar-refractivity contribution is 7.14. The van der Waals surface area contributed by atoms with Gasteiger partial charge in [0.2, 0.25) is 0 Å². The van der Waals surface area contributed by atoms with E-state index in [-0.39, 0.29) is 30.8 Å². The highest BCUT2D eigenvalue weighted by atomic mass is 35.5. The van der Waals surface area contributed by atoms with Crippen LogP contribution in [0.3, 0.4) is 0 Å². The van der Waals surface area contributed by atoms with E-state index in [4.69, 9.17) is 5.73 Å². The number of esters is 1. The van der Waals surface area contributed by atoms with E-state index in [0.717, 1.165) is 23.5 Å². The van der Waals surface area contributed by atoms with Gasteiger partial charge in [-0.15, -0.1) is 36.2 Å². The molecule has 1 aliphatic heterocycles. The summed E-state index contributed by atoms with van der Waals surface area (Å²) in [6.45, 7) is 1.57. The van der Waals surface area contributed by atoms with Crippen LogP contribution in [-0.2, 0) is 17.8 Å². The van der Waals surface area contributed by atoms with Crippen LogP contribution in [0.15, 0.2) is 0 Å². The van der Waals surface area contributed by atoms with E-state index >= 15 is 0 Å². The van der Waals surface area contributed by atoms with Crippen molar-refractivity contribution in [1.82, 2.24) is 5.32 Å². The largest absolute Gasteiger partial charge is 0.465 e. The van der Waals surface area contributed by atoms with Crippen LogP contribution in [0.2, 0.25) is 0 Å². The Morgan fingerprint density at radius 3 is 2.67 bits per heavy atom. The summed E-state index contributed by atoms with van der Waals surface area (Å²) in [6, 6.07) is 0. The van der Waals surface area contributed by atoms with Gasteiger partial charge in [0.15, 0.2) is 0 Å². The van der Waals surface area contributed by atoms with Gasteiger partial charge < -0.3 is 15.8 Å². The lowest BCUT2D eigenvalue weighted by Gasteiger charge is -1.98. The Bertz CT molecular complexity index is 368. The van der Waals surface area contributed by atoms with Gasteiger partial charge in [-0.2, -0.15) is 0 Å². The zero-order valence-corrected chi connectivity index (χ0v) is 10.5. The molecule has 0 aliphatic carbocycles. The number of nitrogen functional groups attached to an aromatic ring is 1. The minimum atomic E-state index is -0.336.